The van der Waals surface area contributed by atoms with Crippen LogP contribution < -0.4 is 10.6 Å². The van der Waals surface area contributed by atoms with Gasteiger partial charge >= 0.3 is 5.97 Å². The fourth-order valence-electron chi connectivity index (χ4n) is 1.86. The molecule has 0 bridgehead atoms. The van der Waals surface area contributed by atoms with Gasteiger partial charge in [0, 0.05) is 20.2 Å². The van der Waals surface area contributed by atoms with Crippen LogP contribution in [0.5, 0.6) is 0 Å². The SMILES string of the molecule is COCCN(CCC#N)c1cccc(C(=O)OC)c1N. The molecule has 0 amide bonds. The Morgan fingerprint density at radius 3 is 2.75 bits per heavy atom. The van der Waals surface area contributed by atoms with Crippen molar-refractivity contribution >= 4 is 17.3 Å². The summed E-state index contributed by atoms with van der Waals surface area (Å²) in [5.74, 6) is -0.476. The molecule has 0 aliphatic rings. The quantitative estimate of drug-likeness (QED) is 0.599. The molecule has 1 rings (SSSR count). The molecular weight excluding hydrogens is 258 g/mol. The van der Waals surface area contributed by atoms with Crippen molar-refractivity contribution in [2.45, 2.75) is 6.42 Å². The van der Waals surface area contributed by atoms with Crippen LogP contribution in [0, 0.1) is 11.3 Å². The number of nitrogens with two attached hydrogens (primary N) is 1. The van der Waals surface area contributed by atoms with Crippen molar-refractivity contribution in [3.63, 3.8) is 0 Å². The van der Waals surface area contributed by atoms with E-state index >= 15 is 0 Å². The first-order chi connectivity index (χ1) is 9.65. The molecule has 2 N–H and O–H groups in total. The number of methoxy groups -OCH3 is 2. The Labute approximate surface area is 118 Å². The third-order valence-electron chi connectivity index (χ3n) is 2.89. The summed E-state index contributed by atoms with van der Waals surface area (Å²) in [5, 5.41) is 8.72. The molecular formula is C14H19N3O3. The van der Waals surface area contributed by atoms with Gasteiger partial charge in [0.1, 0.15) is 0 Å². The van der Waals surface area contributed by atoms with E-state index in [0.717, 1.165) is 0 Å². The monoisotopic (exact) mass is 277 g/mol. The minimum absolute atomic E-state index is 0.323. The van der Waals surface area contributed by atoms with Crippen LogP contribution in [0.15, 0.2) is 18.2 Å². The summed E-state index contributed by atoms with van der Waals surface area (Å²) < 4.78 is 9.76. The van der Waals surface area contributed by atoms with Gasteiger partial charge in [0.2, 0.25) is 0 Å². The number of nitrogens with zero attached hydrogens (tertiary/aromatic N) is 2. The van der Waals surface area contributed by atoms with E-state index in [-0.39, 0.29) is 0 Å². The summed E-state index contributed by atoms with van der Waals surface area (Å²) in [4.78, 5) is 13.6. The maximum atomic E-state index is 11.6. The Hall–Kier alpha value is -2.26. The van der Waals surface area contributed by atoms with Crippen LogP contribution >= 0.6 is 0 Å². The summed E-state index contributed by atoms with van der Waals surface area (Å²) in [6.07, 6.45) is 0.367. The Morgan fingerprint density at radius 1 is 1.40 bits per heavy atom. The van der Waals surface area contributed by atoms with Crippen LogP contribution in [0.3, 0.4) is 0 Å². The number of nitrogen functional groups attached to an aromatic ring is 1. The lowest BCUT2D eigenvalue weighted by Gasteiger charge is -2.25. The summed E-state index contributed by atoms with van der Waals surface area (Å²) in [5.41, 5.74) is 7.42. The van der Waals surface area contributed by atoms with Crippen LogP contribution in [0.1, 0.15) is 16.8 Å². The third kappa shape index (κ3) is 3.87. The van der Waals surface area contributed by atoms with Crippen LogP contribution in [-0.2, 0) is 9.47 Å². The molecule has 6 heteroatoms. The zero-order valence-corrected chi connectivity index (χ0v) is 11.8. The van der Waals surface area contributed by atoms with Crippen LogP contribution in [0.4, 0.5) is 11.4 Å². The molecule has 0 aromatic heterocycles. The maximum Gasteiger partial charge on any atom is 0.340 e. The molecule has 108 valence electrons. The zero-order chi connectivity index (χ0) is 15.0. The van der Waals surface area contributed by atoms with Gasteiger partial charge in [0.05, 0.1) is 43.1 Å². The topological polar surface area (TPSA) is 88.6 Å². The van der Waals surface area contributed by atoms with E-state index < -0.39 is 5.97 Å². The molecule has 0 spiro atoms. The Kier molecular flexibility index (Phi) is 6.33. The highest BCUT2D eigenvalue weighted by atomic mass is 16.5. The van der Waals surface area contributed by atoms with Gasteiger partial charge in [-0.1, -0.05) is 6.07 Å². The van der Waals surface area contributed by atoms with E-state index in [9.17, 15) is 4.79 Å². The van der Waals surface area contributed by atoms with Crippen molar-refractivity contribution in [1.29, 1.82) is 5.26 Å². The number of carbonyl (C=O) groups is 1. The molecule has 1 aromatic rings. The first-order valence-electron chi connectivity index (χ1n) is 6.23. The van der Waals surface area contributed by atoms with E-state index in [1.807, 2.05) is 11.0 Å². The molecule has 20 heavy (non-hydrogen) atoms. The third-order valence-corrected chi connectivity index (χ3v) is 2.89. The lowest BCUT2D eigenvalue weighted by Crippen LogP contribution is -2.29. The Bertz CT molecular complexity index is 497. The fourth-order valence-corrected chi connectivity index (χ4v) is 1.86. The van der Waals surface area contributed by atoms with Gasteiger partial charge in [0.15, 0.2) is 0 Å². The number of benzene rings is 1. The highest BCUT2D eigenvalue weighted by molar-refractivity contribution is 5.98. The number of hydrogen-bond donors (Lipinski definition) is 1. The second-order valence-electron chi connectivity index (χ2n) is 4.12. The van der Waals surface area contributed by atoms with Crippen molar-refractivity contribution in [3.8, 4) is 6.07 Å². The number of rotatable bonds is 7. The number of esters is 1. The number of nitriles is 1. The van der Waals surface area contributed by atoms with Crippen LogP contribution in [-0.4, -0.2) is 39.9 Å². The van der Waals surface area contributed by atoms with Crippen molar-refractivity contribution in [1.82, 2.24) is 0 Å². The molecule has 0 radical (unpaired) electrons. The number of ether oxygens (including phenoxy) is 2. The largest absolute Gasteiger partial charge is 0.465 e. The lowest BCUT2D eigenvalue weighted by molar-refractivity contribution is 0.0602. The van der Waals surface area contributed by atoms with Gasteiger partial charge in [0.25, 0.3) is 0 Å². The molecule has 0 heterocycles. The van der Waals surface area contributed by atoms with Gasteiger partial charge in [-0.2, -0.15) is 5.26 Å². The molecule has 0 saturated carbocycles. The average molecular weight is 277 g/mol. The average Bonchev–Trinajstić information content (AvgIpc) is 2.47. The van der Waals surface area contributed by atoms with Crippen molar-refractivity contribution < 1.29 is 14.3 Å². The number of para-hydroxylation sites is 1. The second kappa shape index (κ2) is 8.02. The van der Waals surface area contributed by atoms with Gasteiger partial charge in [-0.05, 0) is 12.1 Å². The summed E-state index contributed by atoms with van der Waals surface area (Å²) in [6, 6.07) is 7.27. The van der Waals surface area contributed by atoms with Crippen molar-refractivity contribution in [2.24, 2.45) is 0 Å². The zero-order valence-electron chi connectivity index (χ0n) is 11.8. The molecule has 0 unspecified atom stereocenters. The molecule has 6 nitrogen and oxygen atoms in total. The predicted molar refractivity (Wildman–Crippen MR) is 76.5 cm³/mol. The predicted octanol–water partition coefficient (Wildman–Crippen LogP) is 1.42. The van der Waals surface area contributed by atoms with E-state index in [2.05, 4.69) is 6.07 Å². The molecule has 0 atom stereocenters. The van der Waals surface area contributed by atoms with E-state index in [4.69, 9.17) is 20.5 Å². The van der Waals surface area contributed by atoms with Crippen molar-refractivity contribution in [3.05, 3.63) is 23.8 Å². The maximum absolute atomic E-state index is 11.6. The minimum Gasteiger partial charge on any atom is -0.465 e. The summed E-state index contributed by atoms with van der Waals surface area (Å²) >= 11 is 0. The molecule has 0 fully saturated rings. The normalized spacial score (nSPS) is 9.85. The van der Waals surface area contributed by atoms with Gasteiger partial charge < -0.3 is 20.1 Å². The van der Waals surface area contributed by atoms with Gasteiger partial charge in [-0.3, -0.25) is 0 Å². The van der Waals surface area contributed by atoms with Gasteiger partial charge in [-0.15, -0.1) is 0 Å². The van der Waals surface area contributed by atoms with E-state index in [0.29, 0.717) is 43.1 Å². The summed E-state index contributed by atoms with van der Waals surface area (Å²) in [6.45, 7) is 1.62. The molecule has 0 saturated heterocycles. The molecule has 0 aliphatic carbocycles. The smallest absolute Gasteiger partial charge is 0.340 e. The highest BCUT2D eigenvalue weighted by Crippen LogP contribution is 2.27. The second-order valence-corrected chi connectivity index (χ2v) is 4.12. The molecule has 1 aromatic carbocycles. The van der Waals surface area contributed by atoms with Crippen LogP contribution in [0.25, 0.3) is 0 Å². The van der Waals surface area contributed by atoms with Crippen LogP contribution in [0.2, 0.25) is 0 Å². The Morgan fingerprint density at radius 2 is 2.15 bits per heavy atom. The lowest BCUT2D eigenvalue weighted by atomic mass is 10.1. The van der Waals surface area contributed by atoms with E-state index in [1.165, 1.54) is 7.11 Å². The number of anilines is 2. The highest BCUT2D eigenvalue weighted by Gasteiger charge is 2.16. The first kappa shape index (κ1) is 15.8. The Balaban J connectivity index is 3.06. The summed E-state index contributed by atoms with van der Waals surface area (Å²) in [7, 11) is 2.92. The number of carbonyl (C=O) groups excluding carboxylic acids is 1. The standard InChI is InChI=1S/C14H19N3O3/c1-19-10-9-17(8-4-7-15)12-6-3-5-11(13(12)16)14(18)20-2/h3,5-6H,4,8-10,16H2,1-2H3. The number of hydrogen-bond acceptors (Lipinski definition) is 6. The first-order valence-corrected chi connectivity index (χ1v) is 6.23. The fraction of sp³-hybridized carbons (Fsp3) is 0.429. The van der Waals surface area contributed by atoms with E-state index in [1.54, 1.807) is 19.2 Å². The minimum atomic E-state index is -0.476. The molecule has 0 aliphatic heterocycles. The van der Waals surface area contributed by atoms with Crippen molar-refractivity contribution in [2.75, 3.05) is 44.5 Å². The van der Waals surface area contributed by atoms with Gasteiger partial charge in [-0.25, -0.2) is 4.79 Å².